The van der Waals surface area contributed by atoms with Gasteiger partial charge in [-0.05, 0) is 36.1 Å². The normalized spacial score (nSPS) is 13.4. The minimum absolute atomic E-state index is 0.187. The van der Waals surface area contributed by atoms with E-state index in [-0.39, 0.29) is 6.04 Å². The Kier molecular flexibility index (Phi) is 3.43. The molecule has 0 aliphatic rings. The van der Waals surface area contributed by atoms with E-state index >= 15 is 0 Å². The van der Waals surface area contributed by atoms with E-state index in [1.807, 2.05) is 0 Å². The zero-order valence-electron chi connectivity index (χ0n) is 6.58. The molecule has 0 saturated carbocycles. The summed E-state index contributed by atoms with van der Waals surface area (Å²) >= 11 is 5.89. The minimum Gasteiger partial charge on any atom is -0.323 e. The Morgan fingerprint density at radius 3 is 2.91 bits per heavy atom. The van der Waals surface area contributed by atoms with Crippen molar-refractivity contribution in [3.05, 3.63) is 21.9 Å². The third-order valence-electron chi connectivity index (χ3n) is 1.68. The lowest BCUT2D eigenvalue weighted by Gasteiger charge is -2.08. The Morgan fingerprint density at radius 1 is 1.73 bits per heavy atom. The standard InChI is InChI=1S/C8H13NS2/c1-6-3-5-11-8(6)7(9)2-4-10/h3,5,7,10H,2,4,9H2,1H3. The molecular formula is C8H13NS2. The average molecular weight is 187 g/mol. The Balaban J connectivity index is 2.67. The highest BCUT2D eigenvalue weighted by atomic mass is 32.1. The maximum absolute atomic E-state index is 5.91. The largest absolute Gasteiger partial charge is 0.323 e. The topological polar surface area (TPSA) is 26.0 Å². The molecular weight excluding hydrogens is 174 g/mol. The fourth-order valence-corrected chi connectivity index (χ4v) is 2.28. The van der Waals surface area contributed by atoms with Crippen LogP contribution in [0, 0.1) is 6.92 Å². The van der Waals surface area contributed by atoms with Crippen LogP contribution < -0.4 is 5.73 Å². The molecule has 0 fully saturated rings. The van der Waals surface area contributed by atoms with E-state index in [1.54, 1.807) is 11.3 Å². The van der Waals surface area contributed by atoms with E-state index in [0.29, 0.717) is 0 Å². The van der Waals surface area contributed by atoms with Crippen molar-refractivity contribution in [2.75, 3.05) is 5.75 Å². The zero-order chi connectivity index (χ0) is 8.27. The molecule has 0 aliphatic heterocycles. The molecule has 62 valence electrons. The first-order valence-corrected chi connectivity index (χ1v) is 5.17. The SMILES string of the molecule is Cc1ccsc1C(N)CCS. The van der Waals surface area contributed by atoms with Crippen molar-refractivity contribution in [3.63, 3.8) is 0 Å². The van der Waals surface area contributed by atoms with Crippen molar-refractivity contribution in [2.24, 2.45) is 5.73 Å². The van der Waals surface area contributed by atoms with Crippen LogP contribution in [0.4, 0.5) is 0 Å². The van der Waals surface area contributed by atoms with Gasteiger partial charge in [0.15, 0.2) is 0 Å². The van der Waals surface area contributed by atoms with E-state index in [2.05, 4.69) is 31.0 Å². The lowest BCUT2D eigenvalue weighted by atomic mass is 10.1. The average Bonchev–Trinajstić information content (AvgIpc) is 2.36. The Hall–Kier alpha value is 0.01000. The van der Waals surface area contributed by atoms with Crippen LogP contribution in [0.25, 0.3) is 0 Å². The van der Waals surface area contributed by atoms with Gasteiger partial charge in [0.05, 0.1) is 0 Å². The summed E-state index contributed by atoms with van der Waals surface area (Å²) < 4.78 is 0. The van der Waals surface area contributed by atoms with Crippen LogP contribution in [0.2, 0.25) is 0 Å². The molecule has 3 heteroatoms. The lowest BCUT2D eigenvalue weighted by Crippen LogP contribution is -2.09. The first-order valence-electron chi connectivity index (χ1n) is 3.66. The highest BCUT2D eigenvalue weighted by Crippen LogP contribution is 2.24. The van der Waals surface area contributed by atoms with Crippen molar-refractivity contribution >= 4 is 24.0 Å². The zero-order valence-corrected chi connectivity index (χ0v) is 8.29. The summed E-state index contributed by atoms with van der Waals surface area (Å²) in [5.41, 5.74) is 7.22. The van der Waals surface area contributed by atoms with Gasteiger partial charge in [-0.3, -0.25) is 0 Å². The van der Waals surface area contributed by atoms with Crippen molar-refractivity contribution in [1.29, 1.82) is 0 Å². The fourth-order valence-electron chi connectivity index (χ4n) is 1.03. The van der Waals surface area contributed by atoms with E-state index in [9.17, 15) is 0 Å². The summed E-state index contributed by atoms with van der Waals surface area (Å²) in [5, 5.41) is 2.09. The molecule has 0 spiro atoms. The lowest BCUT2D eigenvalue weighted by molar-refractivity contribution is 0.716. The van der Waals surface area contributed by atoms with Crippen LogP contribution >= 0.6 is 24.0 Å². The molecule has 1 aromatic heterocycles. The maximum atomic E-state index is 5.91. The molecule has 1 unspecified atom stereocenters. The molecule has 1 rings (SSSR count). The molecule has 0 amide bonds. The van der Waals surface area contributed by atoms with Crippen LogP contribution in [0.1, 0.15) is 22.9 Å². The van der Waals surface area contributed by atoms with Gasteiger partial charge in [-0.1, -0.05) is 0 Å². The first kappa shape index (κ1) is 9.10. The quantitative estimate of drug-likeness (QED) is 0.698. The monoisotopic (exact) mass is 187 g/mol. The first-order chi connectivity index (χ1) is 5.25. The molecule has 11 heavy (non-hydrogen) atoms. The van der Waals surface area contributed by atoms with Crippen LogP contribution in [0.3, 0.4) is 0 Å². The number of aryl methyl sites for hydroxylation is 1. The summed E-state index contributed by atoms with van der Waals surface area (Å²) in [6, 6.07) is 2.30. The van der Waals surface area contributed by atoms with Gasteiger partial charge in [0.2, 0.25) is 0 Å². The van der Waals surface area contributed by atoms with Crippen molar-refractivity contribution < 1.29 is 0 Å². The molecule has 0 aromatic carbocycles. The van der Waals surface area contributed by atoms with E-state index in [1.165, 1.54) is 10.4 Å². The fraction of sp³-hybridized carbons (Fsp3) is 0.500. The molecule has 0 radical (unpaired) electrons. The summed E-state index contributed by atoms with van der Waals surface area (Å²) in [6.07, 6.45) is 0.963. The molecule has 1 nitrogen and oxygen atoms in total. The van der Waals surface area contributed by atoms with Gasteiger partial charge in [-0.15, -0.1) is 11.3 Å². The van der Waals surface area contributed by atoms with Gasteiger partial charge in [-0.25, -0.2) is 0 Å². The van der Waals surface area contributed by atoms with Gasteiger partial charge < -0.3 is 5.73 Å². The number of thiophene rings is 1. The van der Waals surface area contributed by atoms with Gasteiger partial charge >= 0.3 is 0 Å². The number of hydrogen-bond donors (Lipinski definition) is 2. The van der Waals surface area contributed by atoms with Crippen LogP contribution in [0.15, 0.2) is 11.4 Å². The second-order valence-corrected chi connectivity index (χ2v) is 3.98. The van der Waals surface area contributed by atoms with Gasteiger partial charge in [0.1, 0.15) is 0 Å². The smallest absolute Gasteiger partial charge is 0.0400 e. The van der Waals surface area contributed by atoms with Gasteiger partial charge in [0, 0.05) is 10.9 Å². The van der Waals surface area contributed by atoms with Crippen molar-refractivity contribution in [1.82, 2.24) is 0 Å². The Morgan fingerprint density at radius 2 is 2.45 bits per heavy atom. The minimum atomic E-state index is 0.187. The molecule has 0 aliphatic carbocycles. The summed E-state index contributed by atoms with van der Waals surface area (Å²) in [6.45, 7) is 2.10. The highest BCUT2D eigenvalue weighted by molar-refractivity contribution is 7.80. The summed E-state index contributed by atoms with van der Waals surface area (Å²) in [7, 11) is 0. The number of nitrogens with two attached hydrogens (primary N) is 1. The van der Waals surface area contributed by atoms with Crippen LogP contribution in [-0.2, 0) is 0 Å². The number of rotatable bonds is 3. The number of thiol groups is 1. The van der Waals surface area contributed by atoms with Crippen molar-refractivity contribution in [3.8, 4) is 0 Å². The second-order valence-electron chi connectivity index (χ2n) is 2.59. The summed E-state index contributed by atoms with van der Waals surface area (Å²) in [5.74, 6) is 0.860. The molecule has 1 heterocycles. The third kappa shape index (κ3) is 2.22. The van der Waals surface area contributed by atoms with Gasteiger partial charge in [0.25, 0.3) is 0 Å². The highest BCUT2D eigenvalue weighted by Gasteiger charge is 2.08. The van der Waals surface area contributed by atoms with Gasteiger partial charge in [-0.2, -0.15) is 12.6 Å². The maximum Gasteiger partial charge on any atom is 0.0400 e. The van der Waals surface area contributed by atoms with Crippen LogP contribution in [-0.4, -0.2) is 5.75 Å². The molecule has 0 bridgehead atoms. The molecule has 0 saturated heterocycles. The predicted octanol–water partition coefficient (Wildman–Crippen LogP) is 2.38. The number of hydrogen-bond acceptors (Lipinski definition) is 3. The van der Waals surface area contributed by atoms with Crippen molar-refractivity contribution in [2.45, 2.75) is 19.4 Å². The van der Waals surface area contributed by atoms with E-state index < -0.39 is 0 Å². The molecule has 1 atom stereocenters. The van der Waals surface area contributed by atoms with Crippen LogP contribution in [0.5, 0.6) is 0 Å². The Labute approximate surface area is 77.0 Å². The Bertz CT molecular complexity index is 220. The van der Waals surface area contributed by atoms with E-state index in [4.69, 9.17) is 5.73 Å². The molecule has 1 aromatic rings. The second kappa shape index (κ2) is 4.14. The van der Waals surface area contributed by atoms with E-state index in [0.717, 1.165) is 12.2 Å². The third-order valence-corrected chi connectivity index (χ3v) is 3.09. The predicted molar refractivity (Wildman–Crippen MR) is 54.5 cm³/mol. The molecule has 2 N–H and O–H groups in total. The summed E-state index contributed by atoms with van der Waals surface area (Å²) in [4.78, 5) is 1.30.